The van der Waals surface area contributed by atoms with Crippen LogP contribution in [0.3, 0.4) is 0 Å². The summed E-state index contributed by atoms with van der Waals surface area (Å²) in [5.74, 6) is -0.325. The van der Waals surface area contributed by atoms with Gasteiger partial charge in [0.05, 0.1) is 13.2 Å². The topological polar surface area (TPSA) is 76.7 Å². The summed E-state index contributed by atoms with van der Waals surface area (Å²) < 4.78 is 9.85. The molecule has 1 aliphatic carbocycles. The number of methoxy groups -OCH3 is 1. The molecule has 0 spiro atoms. The van der Waals surface area contributed by atoms with Gasteiger partial charge in [-0.2, -0.15) is 0 Å². The van der Waals surface area contributed by atoms with Crippen molar-refractivity contribution in [3.8, 4) is 0 Å². The quantitative estimate of drug-likeness (QED) is 0.783. The molecular weight excluding hydrogens is 308 g/mol. The van der Waals surface area contributed by atoms with Gasteiger partial charge in [-0.25, -0.2) is 4.79 Å². The van der Waals surface area contributed by atoms with E-state index in [0.29, 0.717) is 0 Å². The lowest BCUT2D eigenvalue weighted by molar-refractivity contribution is -0.139. The molecule has 6 heteroatoms. The van der Waals surface area contributed by atoms with E-state index in [2.05, 4.69) is 15.4 Å². The molecule has 2 N–H and O–H groups in total. The lowest BCUT2D eigenvalue weighted by atomic mass is 9.90. The van der Waals surface area contributed by atoms with Crippen LogP contribution < -0.4 is 10.6 Å². The largest absolute Gasteiger partial charge is 0.468 e. The van der Waals surface area contributed by atoms with Gasteiger partial charge < -0.3 is 20.1 Å². The standard InChI is InChI=1S/C18H24N2O4/c1-23-17(21)12-19-11-15-9-5-6-10-16(15)20-18(22)24-13-14-7-3-2-4-8-14/h2-4,7-8,11,16,19H,5-6,9-10,12-13H2,1H3,(H,20,22)/b15-11-/t16-/m1/s1. The summed E-state index contributed by atoms with van der Waals surface area (Å²) in [6, 6.07) is 9.50. The number of hydrogen-bond acceptors (Lipinski definition) is 5. The summed E-state index contributed by atoms with van der Waals surface area (Å²) in [6.45, 7) is 0.365. The summed E-state index contributed by atoms with van der Waals surface area (Å²) in [4.78, 5) is 23.1. The number of esters is 1. The van der Waals surface area contributed by atoms with Crippen molar-refractivity contribution in [1.29, 1.82) is 0 Å². The molecule has 1 aliphatic rings. The zero-order chi connectivity index (χ0) is 17.2. The van der Waals surface area contributed by atoms with Gasteiger partial charge in [0.1, 0.15) is 13.2 Å². The third-order valence-electron chi connectivity index (χ3n) is 3.92. The average Bonchev–Trinajstić information content (AvgIpc) is 2.62. The minimum absolute atomic E-state index is 0.0628. The number of hydrogen-bond donors (Lipinski definition) is 2. The number of carbonyl (C=O) groups is 2. The molecule has 6 nitrogen and oxygen atoms in total. The van der Waals surface area contributed by atoms with Crippen molar-refractivity contribution < 1.29 is 19.1 Å². The second-order valence-corrected chi connectivity index (χ2v) is 5.68. The van der Waals surface area contributed by atoms with Crippen molar-refractivity contribution in [2.45, 2.75) is 38.3 Å². The molecule has 0 aromatic heterocycles. The average molecular weight is 332 g/mol. The molecule has 1 saturated carbocycles. The van der Waals surface area contributed by atoms with E-state index in [9.17, 15) is 9.59 Å². The Labute approximate surface area is 142 Å². The van der Waals surface area contributed by atoms with Crippen LogP contribution in [0.25, 0.3) is 0 Å². The van der Waals surface area contributed by atoms with E-state index in [0.717, 1.165) is 36.8 Å². The summed E-state index contributed by atoms with van der Waals surface area (Å²) >= 11 is 0. The van der Waals surface area contributed by atoms with Crippen LogP contribution in [0.2, 0.25) is 0 Å². The number of rotatable bonds is 6. The molecule has 0 bridgehead atoms. The second kappa shape index (κ2) is 9.60. The summed E-state index contributed by atoms with van der Waals surface area (Å²) in [7, 11) is 1.35. The Morgan fingerprint density at radius 3 is 2.79 bits per heavy atom. The van der Waals surface area contributed by atoms with Gasteiger partial charge in [0.25, 0.3) is 0 Å². The maximum Gasteiger partial charge on any atom is 0.407 e. The van der Waals surface area contributed by atoms with Crippen molar-refractivity contribution >= 4 is 12.1 Å². The fourth-order valence-electron chi connectivity index (χ4n) is 2.62. The van der Waals surface area contributed by atoms with E-state index in [-0.39, 0.29) is 25.2 Å². The predicted octanol–water partition coefficient (Wildman–Crippen LogP) is 2.50. The minimum atomic E-state index is -0.426. The highest BCUT2D eigenvalue weighted by atomic mass is 16.5. The van der Waals surface area contributed by atoms with Crippen LogP contribution in [0.5, 0.6) is 0 Å². The molecule has 1 fully saturated rings. The Morgan fingerprint density at radius 2 is 2.04 bits per heavy atom. The van der Waals surface area contributed by atoms with Crippen LogP contribution in [-0.2, 0) is 20.9 Å². The third kappa shape index (κ3) is 5.95. The molecule has 1 amide bonds. The molecule has 1 atom stereocenters. The van der Waals surface area contributed by atoms with Crippen molar-refractivity contribution in [3.05, 3.63) is 47.7 Å². The molecule has 1 aromatic carbocycles. The minimum Gasteiger partial charge on any atom is -0.468 e. The molecule has 0 saturated heterocycles. The maximum atomic E-state index is 12.0. The van der Waals surface area contributed by atoms with E-state index in [1.807, 2.05) is 30.3 Å². The first-order chi connectivity index (χ1) is 11.7. The molecule has 2 rings (SSSR count). The molecule has 0 unspecified atom stereocenters. The van der Waals surface area contributed by atoms with E-state index in [4.69, 9.17) is 4.74 Å². The number of ether oxygens (including phenoxy) is 2. The lowest BCUT2D eigenvalue weighted by Gasteiger charge is -2.26. The first kappa shape index (κ1) is 17.8. The van der Waals surface area contributed by atoms with Crippen LogP contribution in [0.1, 0.15) is 31.2 Å². The van der Waals surface area contributed by atoms with E-state index in [1.54, 1.807) is 6.20 Å². The first-order valence-corrected chi connectivity index (χ1v) is 8.15. The van der Waals surface area contributed by atoms with E-state index >= 15 is 0 Å². The zero-order valence-corrected chi connectivity index (χ0v) is 13.9. The van der Waals surface area contributed by atoms with Crippen molar-refractivity contribution in [2.75, 3.05) is 13.7 Å². The fraction of sp³-hybridized carbons (Fsp3) is 0.444. The molecular formula is C18H24N2O4. The van der Waals surface area contributed by atoms with E-state index < -0.39 is 6.09 Å². The van der Waals surface area contributed by atoms with Crippen LogP contribution in [0, 0.1) is 0 Å². The monoisotopic (exact) mass is 332 g/mol. The highest BCUT2D eigenvalue weighted by molar-refractivity contribution is 5.71. The Hall–Kier alpha value is -2.50. The Balaban J connectivity index is 1.82. The van der Waals surface area contributed by atoms with E-state index in [1.165, 1.54) is 7.11 Å². The first-order valence-electron chi connectivity index (χ1n) is 8.15. The van der Waals surface area contributed by atoms with Gasteiger partial charge >= 0.3 is 12.1 Å². The van der Waals surface area contributed by atoms with Crippen LogP contribution >= 0.6 is 0 Å². The van der Waals surface area contributed by atoms with Gasteiger partial charge in [-0.3, -0.25) is 4.79 Å². The van der Waals surface area contributed by atoms with Gasteiger partial charge in [-0.05, 0) is 36.6 Å². The number of amides is 1. The zero-order valence-electron chi connectivity index (χ0n) is 13.9. The third-order valence-corrected chi connectivity index (χ3v) is 3.92. The SMILES string of the molecule is COC(=O)CN/C=C1/CCCC[C@H]1NC(=O)OCc1ccccc1. The van der Waals surface area contributed by atoms with Crippen molar-refractivity contribution in [2.24, 2.45) is 0 Å². The number of alkyl carbamates (subject to hydrolysis) is 1. The Morgan fingerprint density at radius 1 is 1.25 bits per heavy atom. The molecule has 0 aliphatic heterocycles. The number of benzene rings is 1. The molecule has 0 heterocycles. The molecule has 24 heavy (non-hydrogen) atoms. The van der Waals surface area contributed by atoms with Gasteiger partial charge in [0.2, 0.25) is 0 Å². The van der Waals surface area contributed by atoms with Crippen molar-refractivity contribution in [1.82, 2.24) is 10.6 Å². The summed E-state index contributed by atoms with van der Waals surface area (Å²) in [5, 5.41) is 5.84. The number of nitrogens with one attached hydrogen (secondary N) is 2. The lowest BCUT2D eigenvalue weighted by Crippen LogP contribution is -2.38. The highest BCUT2D eigenvalue weighted by Crippen LogP contribution is 2.23. The maximum absolute atomic E-state index is 12.0. The van der Waals surface area contributed by atoms with Gasteiger partial charge in [0, 0.05) is 0 Å². The predicted molar refractivity (Wildman–Crippen MR) is 90.1 cm³/mol. The molecule has 1 aromatic rings. The van der Waals surface area contributed by atoms with Crippen LogP contribution in [0.4, 0.5) is 4.79 Å². The van der Waals surface area contributed by atoms with Gasteiger partial charge in [0.15, 0.2) is 0 Å². The van der Waals surface area contributed by atoms with Crippen LogP contribution in [-0.4, -0.2) is 31.8 Å². The summed E-state index contributed by atoms with van der Waals surface area (Å²) in [6.07, 6.45) is 5.26. The fourth-order valence-corrected chi connectivity index (χ4v) is 2.62. The Bertz CT molecular complexity index is 572. The highest BCUT2D eigenvalue weighted by Gasteiger charge is 2.21. The van der Waals surface area contributed by atoms with Gasteiger partial charge in [-0.1, -0.05) is 36.8 Å². The van der Waals surface area contributed by atoms with Gasteiger partial charge in [-0.15, -0.1) is 0 Å². The van der Waals surface area contributed by atoms with Crippen LogP contribution in [0.15, 0.2) is 42.1 Å². The number of carbonyl (C=O) groups excluding carboxylic acids is 2. The molecule has 130 valence electrons. The van der Waals surface area contributed by atoms with Crippen molar-refractivity contribution in [3.63, 3.8) is 0 Å². The smallest absolute Gasteiger partial charge is 0.407 e. The normalized spacial score (nSPS) is 18.7. The molecule has 0 radical (unpaired) electrons. The second-order valence-electron chi connectivity index (χ2n) is 5.68. The summed E-state index contributed by atoms with van der Waals surface area (Å²) in [5.41, 5.74) is 2.02. The Kier molecular flexibility index (Phi) is 7.14.